The molecule has 1 amide bonds. The van der Waals surface area contributed by atoms with Gasteiger partial charge in [0.1, 0.15) is 5.75 Å². The SMILES string of the molecule is CCn1cc(C(CC(=O)NC2CCCCC2)c2cccc(OC)c2)c2ccccc21. The van der Waals surface area contributed by atoms with Gasteiger partial charge < -0.3 is 14.6 Å². The highest BCUT2D eigenvalue weighted by atomic mass is 16.5. The van der Waals surface area contributed by atoms with Gasteiger partial charge in [-0.3, -0.25) is 4.79 Å². The molecule has 1 aliphatic rings. The number of nitrogens with zero attached hydrogens (tertiary/aromatic N) is 1. The van der Waals surface area contributed by atoms with Crippen LogP contribution >= 0.6 is 0 Å². The van der Waals surface area contributed by atoms with Crippen LogP contribution in [0.25, 0.3) is 10.9 Å². The number of benzene rings is 2. The number of aromatic nitrogens is 1. The quantitative estimate of drug-likeness (QED) is 0.554. The zero-order valence-corrected chi connectivity index (χ0v) is 18.1. The highest BCUT2D eigenvalue weighted by Gasteiger charge is 2.24. The maximum atomic E-state index is 13.1. The van der Waals surface area contributed by atoms with Gasteiger partial charge in [0.05, 0.1) is 7.11 Å². The number of carbonyl (C=O) groups is 1. The molecule has 0 radical (unpaired) electrons. The van der Waals surface area contributed by atoms with Gasteiger partial charge in [0.25, 0.3) is 0 Å². The lowest BCUT2D eigenvalue weighted by Gasteiger charge is -2.24. The number of hydrogen-bond donors (Lipinski definition) is 1. The van der Waals surface area contributed by atoms with Gasteiger partial charge in [-0.2, -0.15) is 0 Å². The number of nitrogens with one attached hydrogen (secondary N) is 1. The van der Waals surface area contributed by atoms with Crippen LogP contribution in [0.15, 0.2) is 54.7 Å². The molecule has 1 fully saturated rings. The van der Waals surface area contributed by atoms with Crippen LogP contribution in [0.2, 0.25) is 0 Å². The van der Waals surface area contributed by atoms with E-state index in [9.17, 15) is 4.79 Å². The van der Waals surface area contributed by atoms with Crippen LogP contribution in [-0.2, 0) is 11.3 Å². The molecule has 4 heteroatoms. The largest absolute Gasteiger partial charge is 0.497 e. The van der Waals surface area contributed by atoms with Crippen molar-refractivity contribution < 1.29 is 9.53 Å². The van der Waals surface area contributed by atoms with Crippen molar-refractivity contribution in [1.29, 1.82) is 0 Å². The third-order valence-corrected chi connectivity index (χ3v) is 6.39. The second kappa shape index (κ2) is 9.38. The van der Waals surface area contributed by atoms with Crippen molar-refractivity contribution in [3.63, 3.8) is 0 Å². The summed E-state index contributed by atoms with van der Waals surface area (Å²) in [7, 11) is 1.69. The predicted molar refractivity (Wildman–Crippen MR) is 122 cm³/mol. The molecule has 1 N–H and O–H groups in total. The summed E-state index contributed by atoms with van der Waals surface area (Å²) in [5, 5.41) is 4.53. The van der Waals surface area contributed by atoms with E-state index in [1.807, 2.05) is 12.1 Å². The van der Waals surface area contributed by atoms with Crippen LogP contribution in [0, 0.1) is 0 Å². The minimum absolute atomic E-state index is 0.0126. The van der Waals surface area contributed by atoms with Crippen molar-refractivity contribution >= 4 is 16.8 Å². The van der Waals surface area contributed by atoms with Crippen molar-refractivity contribution in [2.24, 2.45) is 0 Å². The summed E-state index contributed by atoms with van der Waals surface area (Å²) in [6.45, 7) is 3.06. The molecular formula is C26H32N2O2. The fourth-order valence-corrected chi connectivity index (χ4v) is 4.80. The molecule has 0 saturated heterocycles. The fourth-order valence-electron chi connectivity index (χ4n) is 4.80. The number of ether oxygens (including phenoxy) is 1. The summed E-state index contributed by atoms with van der Waals surface area (Å²) in [5.41, 5.74) is 3.54. The standard InChI is InChI=1S/C26H32N2O2/c1-3-28-18-24(22-14-7-8-15-25(22)28)23(19-10-9-13-21(16-19)30-2)17-26(29)27-20-11-5-4-6-12-20/h7-10,13-16,18,20,23H,3-6,11-12,17H2,1-2H3,(H,27,29). The maximum absolute atomic E-state index is 13.1. The molecule has 30 heavy (non-hydrogen) atoms. The molecule has 0 spiro atoms. The average Bonchev–Trinajstić information content (AvgIpc) is 3.17. The molecular weight excluding hydrogens is 372 g/mol. The van der Waals surface area contributed by atoms with E-state index in [0.717, 1.165) is 30.7 Å². The molecule has 2 aromatic carbocycles. The molecule has 1 saturated carbocycles. The second-order valence-electron chi connectivity index (χ2n) is 8.32. The molecule has 3 aromatic rings. The number of rotatable bonds is 7. The number of aryl methyl sites for hydroxylation is 1. The van der Waals surface area contributed by atoms with E-state index in [2.05, 4.69) is 59.4 Å². The number of fused-ring (bicyclic) bond motifs is 1. The van der Waals surface area contributed by atoms with Gasteiger partial charge in [0, 0.05) is 42.0 Å². The van der Waals surface area contributed by atoms with E-state index in [0.29, 0.717) is 12.5 Å². The van der Waals surface area contributed by atoms with Crippen LogP contribution in [0.3, 0.4) is 0 Å². The highest BCUT2D eigenvalue weighted by Crippen LogP contribution is 2.36. The zero-order valence-electron chi connectivity index (χ0n) is 18.1. The molecule has 158 valence electrons. The molecule has 0 aliphatic heterocycles. The Morgan fingerprint density at radius 3 is 2.70 bits per heavy atom. The van der Waals surface area contributed by atoms with Gasteiger partial charge in [-0.15, -0.1) is 0 Å². The van der Waals surface area contributed by atoms with Crippen LogP contribution in [-0.4, -0.2) is 23.6 Å². The first-order chi connectivity index (χ1) is 14.7. The molecule has 4 nitrogen and oxygen atoms in total. The maximum Gasteiger partial charge on any atom is 0.221 e. The highest BCUT2D eigenvalue weighted by molar-refractivity contribution is 5.86. The van der Waals surface area contributed by atoms with Crippen molar-refractivity contribution in [3.05, 3.63) is 65.9 Å². The first-order valence-electron chi connectivity index (χ1n) is 11.2. The predicted octanol–water partition coefficient (Wildman–Crippen LogP) is 5.64. The first-order valence-corrected chi connectivity index (χ1v) is 11.2. The van der Waals surface area contributed by atoms with Gasteiger partial charge in [-0.1, -0.05) is 49.6 Å². The third kappa shape index (κ3) is 4.38. The summed E-state index contributed by atoms with van der Waals surface area (Å²) in [5.74, 6) is 0.953. The molecule has 1 aromatic heterocycles. The molecule has 1 unspecified atom stereocenters. The van der Waals surface area contributed by atoms with Crippen LogP contribution < -0.4 is 10.1 Å². The number of amides is 1. The Bertz CT molecular complexity index is 1000. The Balaban J connectivity index is 1.70. The Labute approximate surface area is 179 Å². The van der Waals surface area contributed by atoms with E-state index >= 15 is 0 Å². The van der Waals surface area contributed by atoms with Gasteiger partial charge in [0.2, 0.25) is 5.91 Å². The monoisotopic (exact) mass is 404 g/mol. The van der Waals surface area contributed by atoms with E-state index < -0.39 is 0 Å². The summed E-state index contributed by atoms with van der Waals surface area (Å²) >= 11 is 0. The first kappa shape index (κ1) is 20.5. The van der Waals surface area contributed by atoms with Crippen molar-refractivity contribution in [2.45, 2.75) is 64.0 Å². The van der Waals surface area contributed by atoms with E-state index in [1.54, 1.807) is 7.11 Å². The van der Waals surface area contributed by atoms with Crippen LogP contribution in [0.5, 0.6) is 5.75 Å². The summed E-state index contributed by atoms with van der Waals surface area (Å²) in [4.78, 5) is 13.1. The van der Waals surface area contributed by atoms with Gasteiger partial charge >= 0.3 is 0 Å². The number of methoxy groups -OCH3 is 1. The Morgan fingerprint density at radius 2 is 1.93 bits per heavy atom. The molecule has 1 aliphatic carbocycles. The summed E-state index contributed by atoms with van der Waals surface area (Å²) in [6.07, 6.45) is 8.59. The lowest BCUT2D eigenvalue weighted by molar-refractivity contribution is -0.122. The summed E-state index contributed by atoms with van der Waals surface area (Å²) in [6, 6.07) is 17.0. The smallest absolute Gasteiger partial charge is 0.221 e. The van der Waals surface area contributed by atoms with Crippen molar-refractivity contribution in [3.8, 4) is 5.75 Å². The number of carbonyl (C=O) groups excluding carboxylic acids is 1. The Morgan fingerprint density at radius 1 is 1.13 bits per heavy atom. The van der Waals surface area contributed by atoms with Crippen LogP contribution in [0.1, 0.15) is 62.5 Å². The minimum atomic E-state index is -0.0126. The molecule has 0 bridgehead atoms. The Kier molecular flexibility index (Phi) is 6.41. The van der Waals surface area contributed by atoms with E-state index in [4.69, 9.17) is 4.74 Å². The lowest BCUT2D eigenvalue weighted by Crippen LogP contribution is -2.36. The lowest BCUT2D eigenvalue weighted by atomic mass is 9.87. The molecule has 1 heterocycles. The second-order valence-corrected chi connectivity index (χ2v) is 8.32. The topological polar surface area (TPSA) is 43.3 Å². The van der Waals surface area contributed by atoms with E-state index in [1.165, 1.54) is 35.7 Å². The number of hydrogen-bond acceptors (Lipinski definition) is 2. The van der Waals surface area contributed by atoms with Gasteiger partial charge in [-0.25, -0.2) is 0 Å². The average molecular weight is 405 g/mol. The van der Waals surface area contributed by atoms with E-state index in [-0.39, 0.29) is 11.8 Å². The van der Waals surface area contributed by atoms with Gasteiger partial charge in [0.15, 0.2) is 0 Å². The van der Waals surface area contributed by atoms with Crippen LogP contribution in [0.4, 0.5) is 0 Å². The van der Waals surface area contributed by atoms with Crippen molar-refractivity contribution in [2.75, 3.05) is 7.11 Å². The van der Waals surface area contributed by atoms with Crippen molar-refractivity contribution in [1.82, 2.24) is 9.88 Å². The molecule has 1 atom stereocenters. The number of para-hydroxylation sites is 1. The zero-order chi connectivity index (χ0) is 20.9. The summed E-state index contributed by atoms with van der Waals surface area (Å²) < 4.78 is 7.75. The normalized spacial score (nSPS) is 15.8. The third-order valence-electron chi connectivity index (χ3n) is 6.39. The molecule has 4 rings (SSSR count). The fraction of sp³-hybridized carbons (Fsp3) is 0.423. The Hall–Kier alpha value is -2.75. The van der Waals surface area contributed by atoms with Gasteiger partial charge in [-0.05, 0) is 49.1 Å². The minimum Gasteiger partial charge on any atom is -0.497 e.